The Balaban J connectivity index is 1.50. The van der Waals surface area contributed by atoms with Crippen LogP contribution in [0.15, 0.2) is 18.2 Å². The number of benzene rings is 1. The topological polar surface area (TPSA) is 58.6 Å². The summed E-state index contributed by atoms with van der Waals surface area (Å²) in [5.41, 5.74) is -3.71. The molecule has 0 unspecified atom stereocenters. The van der Waals surface area contributed by atoms with E-state index in [-0.39, 0.29) is 30.4 Å². The highest BCUT2D eigenvalue weighted by molar-refractivity contribution is 5.85. The number of hydrogen-bond donors (Lipinski definition) is 1. The Labute approximate surface area is 193 Å². The van der Waals surface area contributed by atoms with E-state index in [2.05, 4.69) is 0 Å². The SMILES string of the molecule is O=C(Nc1cc(C(F)(F)F)cc(C(F)(F)F)c1)OCC1CCN(C(=O)C2CCCCCC2)CC1. The zero-order chi connectivity index (χ0) is 24.9. The van der Waals surface area contributed by atoms with E-state index in [0.717, 1.165) is 38.5 Å². The number of rotatable bonds is 4. The molecule has 1 aromatic carbocycles. The first-order valence-electron chi connectivity index (χ1n) is 11.5. The highest BCUT2D eigenvalue weighted by Gasteiger charge is 2.37. The number of alkyl halides is 6. The number of carbonyl (C=O) groups is 2. The fourth-order valence-electron chi connectivity index (χ4n) is 4.48. The Bertz CT molecular complexity index is 823. The van der Waals surface area contributed by atoms with E-state index in [1.165, 1.54) is 0 Å². The van der Waals surface area contributed by atoms with Crippen LogP contribution in [0.3, 0.4) is 0 Å². The van der Waals surface area contributed by atoms with Gasteiger partial charge >= 0.3 is 18.4 Å². The smallest absolute Gasteiger partial charge is 0.416 e. The molecular weight excluding hydrogens is 466 g/mol. The van der Waals surface area contributed by atoms with Crippen molar-refractivity contribution in [3.8, 4) is 0 Å². The van der Waals surface area contributed by atoms with Crippen LogP contribution >= 0.6 is 0 Å². The number of nitrogens with one attached hydrogen (secondary N) is 1. The maximum Gasteiger partial charge on any atom is 0.416 e. The van der Waals surface area contributed by atoms with Crippen LogP contribution in [0, 0.1) is 11.8 Å². The molecule has 0 bridgehead atoms. The van der Waals surface area contributed by atoms with Crippen LogP contribution in [0.4, 0.5) is 36.8 Å². The standard InChI is InChI=1S/C23H28F6N2O3/c24-22(25,26)17-11-18(23(27,28)29)13-19(12-17)30-21(33)34-14-15-7-9-31(10-8-15)20(32)16-5-3-1-2-4-6-16/h11-13,15-16H,1-10,14H2,(H,30,33). The third kappa shape index (κ3) is 7.27. The number of ether oxygens (including phenoxy) is 1. The van der Waals surface area contributed by atoms with Gasteiger partial charge in [0.1, 0.15) is 0 Å². The maximum absolute atomic E-state index is 13.0. The molecule has 1 aliphatic carbocycles. The molecule has 11 heteroatoms. The predicted molar refractivity (Wildman–Crippen MR) is 112 cm³/mol. The highest BCUT2D eigenvalue weighted by atomic mass is 19.4. The first kappa shape index (κ1) is 26.2. The van der Waals surface area contributed by atoms with Gasteiger partial charge in [0.05, 0.1) is 17.7 Å². The number of halogens is 6. The fraction of sp³-hybridized carbons (Fsp3) is 0.652. The van der Waals surface area contributed by atoms with Gasteiger partial charge < -0.3 is 9.64 Å². The average molecular weight is 494 g/mol. The molecule has 34 heavy (non-hydrogen) atoms. The lowest BCUT2D eigenvalue weighted by molar-refractivity contribution is -0.143. The molecule has 1 saturated carbocycles. The second kappa shape index (κ2) is 10.9. The lowest BCUT2D eigenvalue weighted by atomic mass is 9.94. The summed E-state index contributed by atoms with van der Waals surface area (Å²) in [5, 5.41) is 1.96. The fourth-order valence-corrected chi connectivity index (χ4v) is 4.48. The number of anilines is 1. The number of hydrogen-bond acceptors (Lipinski definition) is 3. The molecule has 2 fully saturated rings. The summed E-state index contributed by atoms with van der Waals surface area (Å²) in [6.45, 7) is 1.03. The molecule has 1 aliphatic heterocycles. The summed E-state index contributed by atoms with van der Waals surface area (Å²) < 4.78 is 82.8. The predicted octanol–water partition coefficient (Wildman–Crippen LogP) is 6.48. The molecule has 1 aromatic rings. The van der Waals surface area contributed by atoms with E-state index < -0.39 is 35.3 Å². The number of nitrogens with zero attached hydrogens (tertiary/aromatic N) is 1. The molecule has 5 nitrogen and oxygen atoms in total. The van der Waals surface area contributed by atoms with Crippen LogP contribution in [0.5, 0.6) is 0 Å². The molecule has 1 heterocycles. The maximum atomic E-state index is 13.0. The van der Waals surface area contributed by atoms with E-state index in [4.69, 9.17) is 4.74 Å². The molecule has 1 saturated heterocycles. The van der Waals surface area contributed by atoms with E-state index in [1.54, 1.807) is 0 Å². The summed E-state index contributed by atoms with van der Waals surface area (Å²) >= 11 is 0. The summed E-state index contributed by atoms with van der Waals surface area (Å²) in [7, 11) is 0. The van der Waals surface area contributed by atoms with Gasteiger partial charge in [0, 0.05) is 24.7 Å². The first-order chi connectivity index (χ1) is 15.9. The van der Waals surface area contributed by atoms with Crippen molar-refractivity contribution in [2.75, 3.05) is 25.0 Å². The Hall–Kier alpha value is -2.46. The van der Waals surface area contributed by atoms with Crippen LogP contribution in [-0.4, -0.2) is 36.6 Å². The lowest BCUT2D eigenvalue weighted by Gasteiger charge is -2.34. The van der Waals surface area contributed by atoms with Crippen LogP contribution in [-0.2, 0) is 21.9 Å². The largest absolute Gasteiger partial charge is 0.449 e. The number of likely N-dealkylation sites (tertiary alicyclic amines) is 1. The third-order valence-corrected chi connectivity index (χ3v) is 6.41. The minimum absolute atomic E-state index is 0.0132. The Kier molecular flexibility index (Phi) is 8.35. The molecule has 190 valence electrons. The molecule has 0 atom stereocenters. The number of amides is 2. The number of piperidine rings is 1. The van der Waals surface area contributed by atoms with Crippen LogP contribution < -0.4 is 5.32 Å². The monoisotopic (exact) mass is 494 g/mol. The van der Waals surface area contributed by atoms with Crippen molar-refractivity contribution < 1.29 is 40.7 Å². The second-order valence-corrected chi connectivity index (χ2v) is 8.98. The van der Waals surface area contributed by atoms with E-state index in [1.807, 2.05) is 10.2 Å². The zero-order valence-corrected chi connectivity index (χ0v) is 18.6. The minimum atomic E-state index is -5.01. The van der Waals surface area contributed by atoms with Crippen molar-refractivity contribution in [2.24, 2.45) is 11.8 Å². The molecule has 2 amide bonds. The van der Waals surface area contributed by atoms with Gasteiger partial charge in [0.15, 0.2) is 0 Å². The zero-order valence-electron chi connectivity index (χ0n) is 18.6. The van der Waals surface area contributed by atoms with Gasteiger partial charge in [-0.1, -0.05) is 25.7 Å². The molecule has 2 aliphatic rings. The normalized spacial score (nSPS) is 18.9. The molecule has 3 rings (SSSR count). The van der Waals surface area contributed by atoms with Crippen molar-refractivity contribution in [1.29, 1.82) is 0 Å². The van der Waals surface area contributed by atoms with Gasteiger partial charge in [-0.3, -0.25) is 10.1 Å². The van der Waals surface area contributed by atoms with Crippen molar-refractivity contribution in [3.05, 3.63) is 29.3 Å². The van der Waals surface area contributed by atoms with Gasteiger partial charge in [-0.05, 0) is 49.8 Å². The average Bonchev–Trinajstić information content (AvgIpc) is 3.06. The van der Waals surface area contributed by atoms with Crippen LogP contribution in [0.25, 0.3) is 0 Å². The van der Waals surface area contributed by atoms with E-state index in [9.17, 15) is 35.9 Å². The molecule has 1 N–H and O–H groups in total. The van der Waals surface area contributed by atoms with Gasteiger partial charge in [-0.2, -0.15) is 26.3 Å². The van der Waals surface area contributed by atoms with Crippen molar-refractivity contribution >= 4 is 17.7 Å². The summed E-state index contributed by atoms with van der Waals surface area (Å²) in [6.07, 6.45) is -3.69. The van der Waals surface area contributed by atoms with Crippen LogP contribution in [0.1, 0.15) is 62.5 Å². The summed E-state index contributed by atoms with van der Waals surface area (Å²) in [4.78, 5) is 26.6. The Morgan fingerprint density at radius 1 is 0.853 bits per heavy atom. The van der Waals surface area contributed by atoms with Crippen molar-refractivity contribution in [1.82, 2.24) is 4.90 Å². The third-order valence-electron chi connectivity index (χ3n) is 6.41. The highest BCUT2D eigenvalue weighted by Crippen LogP contribution is 2.37. The van der Waals surface area contributed by atoms with E-state index in [0.29, 0.717) is 38.1 Å². The minimum Gasteiger partial charge on any atom is -0.449 e. The Morgan fingerprint density at radius 3 is 1.88 bits per heavy atom. The van der Waals surface area contributed by atoms with Gasteiger partial charge in [0.2, 0.25) is 5.91 Å². The van der Waals surface area contributed by atoms with Crippen molar-refractivity contribution in [2.45, 2.75) is 63.7 Å². The summed E-state index contributed by atoms with van der Waals surface area (Å²) in [6, 6.07) is 0.836. The quantitative estimate of drug-likeness (QED) is 0.385. The molecule has 0 spiro atoms. The Morgan fingerprint density at radius 2 is 1.38 bits per heavy atom. The second-order valence-electron chi connectivity index (χ2n) is 8.98. The molecule has 0 radical (unpaired) electrons. The van der Waals surface area contributed by atoms with Gasteiger partial charge in [-0.25, -0.2) is 4.79 Å². The van der Waals surface area contributed by atoms with Crippen LogP contribution in [0.2, 0.25) is 0 Å². The van der Waals surface area contributed by atoms with Gasteiger partial charge in [-0.15, -0.1) is 0 Å². The summed E-state index contributed by atoms with van der Waals surface area (Å²) in [5.74, 6) is 0.190. The number of carbonyl (C=O) groups excluding carboxylic acids is 2. The molecular formula is C23H28F6N2O3. The van der Waals surface area contributed by atoms with E-state index >= 15 is 0 Å². The molecule has 0 aromatic heterocycles. The van der Waals surface area contributed by atoms with Crippen molar-refractivity contribution in [3.63, 3.8) is 0 Å². The van der Waals surface area contributed by atoms with Gasteiger partial charge in [0.25, 0.3) is 0 Å². The first-order valence-corrected chi connectivity index (χ1v) is 11.5. The lowest BCUT2D eigenvalue weighted by Crippen LogP contribution is -2.42.